The second-order valence-corrected chi connectivity index (χ2v) is 2.48. The molecule has 0 rings (SSSR count). The van der Waals surface area contributed by atoms with Gasteiger partial charge in [0.05, 0.1) is 6.61 Å². The van der Waals surface area contributed by atoms with Gasteiger partial charge in [-0.1, -0.05) is 26.2 Å². The van der Waals surface area contributed by atoms with Gasteiger partial charge in [0, 0.05) is 0 Å². The van der Waals surface area contributed by atoms with Gasteiger partial charge in [-0.25, -0.2) is 13.5 Å². The first-order valence-electron chi connectivity index (χ1n) is 3.56. The molecule has 0 aromatic rings. The number of rotatable bonds is 4. The lowest BCUT2D eigenvalue weighted by Gasteiger charge is -1.89. The van der Waals surface area contributed by atoms with Gasteiger partial charge in [0.2, 0.25) is 0 Å². The Morgan fingerprint density at radius 1 is 1.18 bits per heavy atom. The molecule has 0 saturated heterocycles. The smallest absolute Gasteiger partial charge is 0.254 e. The van der Waals surface area contributed by atoms with E-state index in [1.54, 1.807) is 0 Å². The van der Waals surface area contributed by atoms with Gasteiger partial charge in [-0.2, -0.15) is 0 Å². The molecule has 0 aromatic heterocycles. The van der Waals surface area contributed by atoms with Crippen LogP contribution in [-0.4, -0.2) is 19.6 Å². The Balaban J connectivity index is 0. The minimum Gasteiger partial charge on any atom is -0.288 e. The fraction of sp³-hybridized carbons (Fsp3) is 1.00. The molecule has 0 aliphatic carbocycles. The summed E-state index contributed by atoms with van der Waals surface area (Å²) in [6.45, 7) is 2.25. The fourth-order valence-electron chi connectivity index (χ4n) is 0.529. The van der Waals surface area contributed by atoms with Crippen molar-refractivity contribution < 1.29 is 18.1 Å². The molecule has 0 saturated carbocycles. The predicted octanol–water partition coefficient (Wildman–Crippen LogP) is 1.07. The summed E-state index contributed by atoms with van der Waals surface area (Å²) in [5.41, 5.74) is 0. The highest BCUT2D eigenvalue weighted by molar-refractivity contribution is 7.66. The molecule has 5 heteroatoms. The topological polar surface area (TPSA) is 74.3 Å². The van der Waals surface area contributed by atoms with E-state index in [0.717, 1.165) is 12.8 Å². The van der Waals surface area contributed by atoms with Crippen molar-refractivity contribution in [3.05, 3.63) is 0 Å². The summed E-state index contributed by atoms with van der Waals surface area (Å²) >= 11 is 0. The van der Waals surface area contributed by atoms with Gasteiger partial charge in [-0.15, -0.1) is 0 Å². The molecule has 0 bridgehead atoms. The average molecular weight is 183 g/mol. The van der Waals surface area contributed by atoms with E-state index in [1.807, 2.05) is 0 Å². The quantitative estimate of drug-likeness (QED) is 0.389. The minimum absolute atomic E-state index is 0.111. The Hall–Kier alpha value is -0.130. The Labute approximate surface area is 69.0 Å². The van der Waals surface area contributed by atoms with Crippen LogP contribution in [0.5, 0.6) is 0 Å². The fourth-order valence-corrected chi connectivity index (χ4v) is 0.529. The van der Waals surface area contributed by atoms with Gasteiger partial charge in [0.25, 0.3) is 11.0 Å². The maximum absolute atomic E-state index is 9.80. The number of unbranched alkanes of at least 4 members (excludes halogenated alkanes) is 3. The van der Waals surface area contributed by atoms with Crippen LogP contribution in [0.1, 0.15) is 32.6 Å². The summed E-state index contributed by atoms with van der Waals surface area (Å²) in [7, 11) is -3.12. The van der Waals surface area contributed by atoms with E-state index in [2.05, 4.69) is 6.92 Å². The van der Waals surface area contributed by atoms with Crippen LogP contribution in [0.15, 0.2) is 0 Å². The van der Waals surface area contributed by atoms with Crippen molar-refractivity contribution in [3.8, 4) is 0 Å². The maximum atomic E-state index is 9.80. The molecule has 0 heterocycles. The highest BCUT2D eigenvalue weighted by Gasteiger charge is 1.82. The van der Waals surface area contributed by atoms with Gasteiger partial charge in [-0.05, 0) is 6.42 Å². The molecule has 1 radical (unpaired) electrons. The lowest BCUT2D eigenvalue weighted by Crippen LogP contribution is -1.78. The van der Waals surface area contributed by atoms with Gasteiger partial charge >= 0.3 is 0 Å². The largest absolute Gasteiger partial charge is 0.288 e. The maximum Gasteiger partial charge on any atom is 0.254 e. The van der Waals surface area contributed by atoms with Crippen molar-refractivity contribution in [1.29, 1.82) is 0 Å². The molecule has 0 fully saturated rings. The van der Waals surface area contributed by atoms with Crippen molar-refractivity contribution in [2.24, 2.45) is 0 Å². The third-order valence-electron chi connectivity index (χ3n) is 0.998. The molecule has 0 aliphatic heterocycles. The summed E-state index contributed by atoms with van der Waals surface area (Å²) in [4.78, 5) is 0. The van der Waals surface area contributed by atoms with Gasteiger partial charge in [-0.3, -0.25) is 4.55 Å². The Morgan fingerprint density at radius 2 is 1.64 bits per heavy atom. The number of hydrogen-bond acceptors (Lipinski definition) is 2. The van der Waals surface area contributed by atoms with Crippen LogP contribution in [-0.2, 0) is 16.1 Å². The minimum atomic E-state index is -3.12. The standard InChI is InChI=1S/C6H13O.H2O3S/c1-2-3-4-5-6-7;1-4(2)3/h2-6H2,1H3;4H,(H,1,2,3). The highest BCUT2D eigenvalue weighted by atomic mass is 32.2. The zero-order chi connectivity index (χ0) is 9.11. The molecule has 0 aliphatic rings. The van der Waals surface area contributed by atoms with E-state index in [0.29, 0.717) is 0 Å². The SMILES string of the molecule is CCCCCC[O].O=[SH](=O)O. The molecular weight excluding hydrogens is 168 g/mol. The van der Waals surface area contributed by atoms with Crippen LogP contribution in [0.2, 0.25) is 0 Å². The molecule has 0 amide bonds. The van der Waals surface area contributed by atoms with Crippen molar-refractivity contribution in [3.63, 3.8) is 0 Å². The monoisotopic (exact) mass is 183 g/mol. The summed E-state index contributed by atoms with van der Waals surface area (Å²) in [5.74, 6) is 0. The summed E-state index contributed by atoms with van der Waals surface area (Å²) < 4.78 is 24.2. The molecule has 11 heavy (non-hydrogen) atoms. The van der Waals surface area contributed by atoms with Crippen LogP contribution < -0.4 is 0 Å². The zero-order valence-corrected chi connectivity index (χ0v) is 7.55. The first-order valence-corrected chi connectivity index (χ1v) is 4.69. The first-order chi connectivity index (χ1) is 5.15. The lowest BCUT2D eigenvalue weighted by molar-refractivity contribution is 0.186. The van der Waals surface area contributed by atoms with E-state index in [-0.39, 0.29) is 6.61 Å². The summed E-state index contributed by atoms with van der Waals surface area (Å²) in [6, 6.07) is 0. The Morgan fingerprint density at radius 3 is 1.91 bits per heavy atom. The van der Waals surface area contributed by atoms with E-state index in [9.17, 15) is 5.11 Å². The molecule has 0 atom stereocenters. The van der Waals surface area contributed by atoms with Crippen molar-refractivity contribution >= 4 is 11.0 Å². The van der Waals surface area contributed by atoms with Crippen molar-refractivity contribution in [2.75, 3.05) is 6.61 Å². The number of hydrogen-bond donors (Lipinski definition) is 2. The third-order valence-corrected chi connectivity index (χ3v) is 0.998. The molecule has 4 nitrogen and oxygen atoms in total. The highest BCUT2D eigenvalue weighted by Crippen LogP contribution is 1.96. The van der Waals surface area contributed by atoms with Gasteiger partial charge < -0.3 is 0 Å². The molecule has 0 spiro atoms. The zero-order valence-electron chi connectivity index (χ0n) is 6.65. The summed E-state index contributed by atoms with van der Waals surface area (Å²) in [6.07, 6.45) is 4.44. The molecular formula is C6H15O4S. The number of thiol groups is 1. The molecule has 0 aromatic carbocycles. The molecule has 1 N–H and O–H groups in total. The molecule has 0 unspecified atom stereocenters. The van der Waals surface area contributed by atoms with E-state index < -0.39 is 11.0 Å². The van der Waals surface area contributed by atoms with Crippen LogP contribution in [0.3, 0.4) is 0 Å². The van der Waals surface area contributed by atoms with Crippen LogP contribution >= 0.6 is 0 Å². The Kier molecular flexibility index (Phi) is 15.3. The van der Waals surface area contributed by atoms with Crippen LogP contribution in [0.25, 0.3) is 0 Å². The first kappa shape index (κ1) is 13.5. The van der Waals surface area contributed by atoms with E-state index in [4.69, 9.17) is 13.0 Å². The average Bonchev–Trinajstić information content (AvgIpc) is 1.88. The van der Waals surface area contributed by atoms with Gasteiger partial charge in [0.1, 0.15) is 0 Å². The van der Waals surface area contributed by atoms with Gasteiger partial charge in [0.15, 0.2) is 0 Å². The van der Waals surface area contributed by atoms with Crippen LogP contribution in [0, 0.1) is 0 Å². The third kappa shape index (κ3) is 40.8. The van der Waals surface area contributed by atoms with Crippen molar-refractivity contribution in [1.82, 2.24) is 0 Å². The Bertz CT molecular complexity index is 110. The molecule has 69 valence electrons. The summed E-state index contributed by atoms with van der Waals surface area (Å²) in [5, 5.41) is 9.80. The van der Waals surface area contributed by atoms with E-state index >= 15 is 0 Å². The van der Waals surface area contributed by atoms with Crippen LogP contribution in [0.4, 0.5) is 0 Å². The normalized spacial score (nSPS) is 9.09. The van der Waals surface area contributed by atoms with E-state index in [1.165, 1.54) is 12.8 Å². The second kappa shape index (κ2) is 12.5. The second-order valence-electron chi connectivity index (χ2n) is 2.00. The van der Waals surface area contributed by atoms with Crippen molar-refractivity contribution in [2.45, 2.75) is 32.6 Å². The lowest BCUT2D eigenvalue weighted by atomic mass is 10.2. The predicted molar refractivity (Wildman–Crippen MR) is 42.6 cm³/mol.